The molecule has 0 radical (unpaired) electrons. The van der Waals surface area contributed by atoms with Gasteiger partial charge in [0.2, 0.25) is 0 Å². The summed E-state index contributed by atoms with van der Waals surface area (Å²) in [5.74, 6) is 0.601. The predicted molar refractivity (Wildman–Crippen MR) is 66.3 cm³/mol. The Hall–Kier alpha value is -1.18. The molecular formula is C14H21NO. The molecular weight excluding hydrogens is 198 g/mol. The second kappa shape index (κ2) is 7.15. The summed E-state index contributed by atoms with van der Waals surface area (Å²) in [6.45, 7) is 4.26. The Morgan fingerprint density at radius 1 is 1.44 bits per heavy atom. The van der Waals surface area contributed by atoms with Crippen molar-refractivity contribution in [3.8, 4) is 0 Å². The molecule has 0 aliphatic heterocycles. The smallest absolute Gasteiger partial charge is 0.140 e. The first kappa shape index (κ1) is 12.9. The summed E-state index contributed by atoms with van der Waals surface area (Å²) in [4.78, 5) is 16.1. The van der Waals surface area contributed by atoms with E-state index in [1.165, 1.54) is 0 Å². The minimum atomic E-state index is 0.236. The standard InChI is InChI=1S/C14H21NO/c1-3-5-8-13(4-2)14(16)10-12-7-6-9-15-11-12/h6-7,9,11,13H,3-5,8,10H2,1-2H3. The molecule has 88 valence electrons. The second-order valence-corrected chi connectivity index (χ2v) is 4.25. The molecule has 0 fully saturated rings. The van der Waals surface area contributed by atoms with Gasteiger partial charge in [-0.05, 0) is 24.5 Å². The van der Waals surface area contributed by atoms with E-state index in [-0.39, 0.29) is 5.92 Å². The van der Waals surface area contributed by atoms with Gasteiger partial charge in [-0.2, -0.15) is 0 Å². The number of ketones is 1. The zero-order chi connectivity index (χ0) is 11.8. The lowest BCUT2D eigenvalue weighted by molar-refractivity contribution is -0.122. The highest BCUT2D eigenvalue weighted by molar-refractivity contribution is 5.83. The van der Waals surface area contributed by atoms with E-state index in [0.717, 1.165) is 31.2 Å². The van der Waals surface area contributed by atoms with Crippen LogP contribution in [0.4, 0.5) is 0 Å². The molecule has 0 saturated heterocycles. The van der Waals surface area contributed by atoms with Gasteiger partial charge in [0, 0.05) is 24.7 Å². The van der Waals surface area contributed by atoms with Crippen LogP contribution in [0.25, 0.3) is 0 Å². The number of carbonyl (C=O) groups is 1. The molecule has 0 saturated carbocycles. The van der Waals surface area contributed by atoms with Gasteiger partial charge in [0.05, 0.1) is 0 Å². The third kappa shape index (κ3) is 4.13. The van der Waals surface area contributed by atoms with Crippen molar-refractivity contribution in [2.45, 2.75) is 46.0 Å². The van der Waals surface area contributed by atoms with E-state index >= 15 is 0 Å². The van der Waals surface area contributed by atoms with Crippen molar-refractivity contribution < 1.29 is 4.79 Å². The van der Waals surface area contributed by atoms with Crippen molar-refractivity contribution in [1.29, 1.82) is 0 Å². The predicted octanol–water partition coefficient (Wildman–Crippen LogP) is 3.41. The van der Waals surface area contributed by atoms with Gasteiger partial charge in [0.25, 0.3) is 0 Å². The maximum absolute atomic E-state index is 12.0. The Bertz CT molecular complexity index is 308. The number of hydrogen-bond acceptors (Lipinski definition) is 2. The molecule has 2 nitrogen and oxygen atoms in total. The molecule has 0 aliphatic carbocycles. The summed E-state index contributed by atoms with van der Waals surface area (Å²) in [5, 5.41) is 0. The quantitative estimate of drug-likeness (QED) is 0.703. The van der Waals surface area contributed by atoms with Gasteiger partial charge in [-0.3, -0.25) is 9.78 Å². The van der Waals surface area contributed by atoms with Crippen molar-refractivity contribution >= 4 is 5.78 Å². The third-order valence-electron chi connectivity index (χ3n) is 2.96. The number of hydrogen-bond donors (Lipinski definition) is 0. The average Bonchev–Trinajstić information content (AvgIpc) is 2.31. The fourth-order valence-corrected chi connectivity index (χ4v) is 1.89. The molecule has 0 bridgehead atoms. The zero-order valence-electron chi connectivity index (χ0n) is 10.3. The van der Waals surface area contributed by atoms with Crippen LogP contribution in [-0.4, -0.2) is 10.8 Å². The topological polar surface area (TPSA) is 30.0 Å². The molecule has 0 spiro atoms. The molecule has 0 amide bonds. The van der Waals surface area contributed by atoms with Crippen LogP contribution in [0.2, 0.25) is 0 Å². The molecule has 1 aromatic rings. The Kier molecular flexibility index (Phi) is 5.76. The fraction of sp³-hybridized carbons (Fsp3) is 0.571. The Morgan fingerprint density at radius 2 is 2.25 bits per heavy atom. The van der Waals surface area contributed by atoms with E-state index < -0.39 is 0 Å². The number of Topliss-reactive ketones (excluding diaryl/α,β-unsaturated/α-hetero) is 1. The molecule has 16 heavy (non-hydrogen) atoms. The van der Waals surface area contributed by atoms with Crippen molar-refractivity contribution in [3.05, 3.63) is 30.1 Å². The zero-order valence-corrected chi connectivity index (χ0v) is 10.3. The van der Waals surface area contributed by atoms with Gasteiger partial charge in [-0.15, -0.1) is 0 Å². The molecule has 1 heterocycles. The van der Waals surface area contributed by atoms with Crippen LogP contribution in [0, 0.1) is 5.92 Å². The van der Waals surface area contributed by atoms with Crippen LogP contribution in [0.1, 0.15) is 45.1 Å². The average molecular weight is 219 g/mol. The lowest BCUT2D eigenvalue weighted by Crippen LogP contribution is -2.16. The Morgan fingerprint density at radius 3 is 2.81 bits per heavy atom. The fourth-order valence-electron chi connectivity index (χ4n) is 1.89. The van der Waals surface area contributed by atoms with E-state index in [9.17, 15) is 4.79 Å². The molecule has 1 aromatic heterocycles. The van der Waals surface area contributed by atoms with Crippen molar-refractivity contribution in [3.63, 3.8) is 0 Å². The van der Waals surface area contributed by atoms with Gasteiger partial charge in [0.15, 0.2) is 0 Å². The van der Waals surface area contributed by atoms with Crippen LogP contribution in [0.3, 0.4) is 0 Å². The maximum atomic E-state index is 12.0. The molecule has 1 unspecified atom stereocenters. The van der Waals surface area contributed by atoms with E-state index in [1.54, 1.807) is 12.4 Å². The molecule has 0 aromatic carbocycles. The number of carbonyl (C=O) groups excluding carboxylic acids is 1. The number of aromatic nitrogens is 1. The monoisotopic (exact) mass is 219 g/mol. The highest BCUT2D eigenvalue weighted by atomic mass is 16.1. The minimum Gasteiger partial charge on any atom is -0.299 e. The number of unbranched alkanes of at least 4 members (excludes halogenated alkanes) is 1. The first-order valence-electron chi connectivity index (χ1n) is 6.19. The maximum Gasteiger partial charge on any atom is 0.140 e. The van der Waals surface area contributed by atoms with E-state index in [1.807, 2.05) is 12.1 Å². The first-order valence-corrected chi connectivity index (χ1v) is 6.19. The van der Waals surface area contributed by atoms with Crippen molar-refractivity contribution in [1.82, 2.24) is 4.98 Å². The van der Waals surface area contributed by atoms with Gasteiger partial charge in [0.1, 0.15) is 5.78 Å². The summed E-state index contributed by atoms with van der Waals surface area (Å²) in [7, 11) is 0. The summed E-state index contributed by atoms with van der Waals surface area (Å²) in [6.07, 6.45) is 8.36. The van der Waals surface area contributed by atoms with Gasteiger partial charge in [-0.1, -0.05) is 32.8 Å². The first-order chi connectivity index (χ1) is 7.77. The number of nitrogens with zero attached hydrogens (tertiary/aromatic N) is 1. The summed E-state index contributed by atoms with van der Waals surface area (Å²) < 4.78 is 0. The Labute approximate surface area is 98.1 Å². The SMILES string of the molecule is CCCCC(CC)C(=O)Cc1cccnc1. The van der Waals surface area contributed by atoms with Crippen LogP contribution in [0.15, 0.2) is 24.5 Å². The summed E-state index contributed by atoms with van der Waals surface area (Å²) in [5.41, 5.74) is 1.03. The highest BCUT2D eigenvalue weighted by Gasteiger charge is 2.15. The number of rotatable bonds is 7. The summed E-state index contributed by atoms with van der Waals surface area (Å²) >= 11 is 0. The van der Waals surface area contributed by atoms with Crippen molar-refractivity contribution in [2.24, 2.45) is 5.92 Å². The van der Waals surface area contributed by atoms with Gasteiger partial charge < -0.3 is 0 Å². The lowest BCUT2D eigenvalue weighted by atomic mass is 9.91. The van der Waals surface area contributed by atoms with Crippen LogP contribution >= 0.6 is 0 Å². The van der Waals surface area contributed by atoms with Crippen LogP contribution in [-0.2, 0) is 11.2 Å². The minimum absolute atomic E-state index is 0.236. The van der Waals surface area contributed by atoms with Crippen molar-refractivity contribution in [2.75, 3.05) is 0 Å². The van der Waals surface area contributed by atoms with Crippen LogP contribution < -0.4 is 0 Å². The second-order valence-electron chi connectivity index (χ2n) is 4.25. The largest absolute Gasteiger partial charge is 0.299 e. The summed E-state index contributed by atoms with van der Waals surface area (Å²) in [6, 6.07) is 3.85. The van der Waals surface area contributed by atoms with Gasteiger partial charge >= 0.3 is 0 Å². The van der Waals surface area contributed by atoms with Crippen LogP contribution in [0.5, 0.6) is 0 Å². The highest BCUT2D eigenvalue weighted by Crippen LogP contribution is 2.16. The molecule has 0 aliphatic rings. The molecule has 0 N–H and O–H groups in total. The lowest BCUT2D eigenvalue weighted by Gasteiger charge is -2.12. The molecule has 2 heteroatoms. The normalized spacial score (nSPS) is 12.4. The number of pyridine rings is 1. The Balaban J connectivity index is 2.49. The van der Waals surface area contributed by atoms with Gasteiger partial charge in [-0.25, -0.2) is 0 Å². The van der Waals surface area contributed by atoms with E-state index in [2.05, 4.69) is 18.8 Å². The van der Waals surface area contributed by atoms with E-state index in [4.69, 9.17) is 0 Å². The molecule has 1 rings (SSSR count). The van der Waals surface area contributed by atoms with E-state index in [0.29, 0.717) is 12.2 Å². The third-order valence-corrected chi connectivity index (χ3v) is 2.96. The molecule has 1 atom stereocenters.